The van der Waals surface area contributed by atoms with E-state index in [4.69, 9.17) is 18.6 Å². The Hall–Kier alpha value is -3.85. The van der Waals surface area contributed by atoms with E-state index in [0.717, 1.165) is 5.39 Å². The molecule has 1 amide bonds. The number of carbonyl (C=O) groups excluding carboxylic acids is 1. The second kappa shape index (κ2) is 11.7. The Morgan fingerprint density at radius 2 is 1.83 bits per heavy atom. The molecule has 0 unspecified atom stereocenters. The van der Waals surface area contributed by atoms with Crippen molar-refractivity contribution in [2.75, 3.05) is 13.2 Å². The van der Waals surface area contributed by atoms with Crippen LogP contribution >= 0.6 is 15.9 Å². The summed E-state index contributed by atoms with van der Waals surface area (Å²) in [4.78, 5) is 12.5. The Morgan fingerprint density at radius 1 is 1.03 bits per heavy atom. The highest BCUT2D eigenvalue weighted by molar-refractivity contribution is 9.10. The Bertz CT molecular complexity index is 1400. The summed E-state index contributed by atoms with van der Waals surface area (Å²) in [5.41, 5.74) is 4.40. The molecule has 0 radical (unpaired) electrons. The number of nitrogens with one attached hydrogen (secondary N) is 1. The summed E-state index contributed by atoms with van der Waals surface area (Å²) in [5, 5.41) is 4.81. The van der Waals surface area contributed by atoms with Crippen molar-refractivity contribution < 1.29 is 27.8 Å². The number of halogens is 2. The van der Waals surface area contributed by atoms with E-state index in [0.29, 0.717) is 51.6 Å². The molecule has 0 aliphatic heterocycles. The maximum absolute atomic E-state index is 13.4. The molecule has 0 saturated heterocycles. The molecular formula is C27H24BrFN2O5. The number of fused-ring (bicyclic) bond motifs is 1. The van der Waals surface area contributed by atoms with Crippen molar-refractivity contribution in [1.82, 2.24) is 5.43 Å². The molecule has 0 atom stereocenters. The van der Waals surface area contributed by atoms with Crippen molar-refractivity contribution in [3.05, 3.63) is 87.8 Å². The zero-order valence-electron chi connectivity index (χ0n) is 19.7. The maximum atomic E-state index is 13.4. The van der Waals surface area contributed by atoms with Crippen LogP contribution in [0.25, 0.3) is 11.0 Å². The number of ether oxygens (including phenoxy) is 3. The summed E-state index contributed by atoms with van der Waals surface area (Å²) < 4.78 is 36.8. The SMILES string of the molecule is CCOc1ccc2oc(C(=O)N/N=C/c3cc(OCC)c(OCc4cccc(F)c4)cc3Br)cc2c1. The van der Waals surface area contributed by atoms with Crippen LogP contribution in [0.1, 0.15) is 35.5 Å². The van der Waals surface area contributed by atoms with Gasteiger partial charge in [0, 0.05) is 15.4 Å². The van der Waals surface area contributed by atoms with Crippen molar-refractivity contribution in [3.8, 4) is 17.2 Å². The van der Waals surface area contributed by atoms with Crippen LogP contribution in [0.5, 0.6) is 17.2 Å². The van der Waals surface area contributed by atoms with E-state index in [1.165, 1.54) is 18.3 Å². The van der Waals surface area contributed by atoms with Gasteiger partial charge < -0.3 is 18.6 Å². The first-order valence-electron chi connectivity index (χ1n) is 11.3. The number of hydrazone groups is 1. The number of carbonyl (C=O) groups is 1. The van der Waals surface area contributed by atoms with Crippen LogP contribution in [-0.4, -0.2) is 25.3 Å². The highest BCUT2D eigenvalue weighted by atomic mass is 79.9. The van der Waals surface area contributed by atoms with Gasteiger partial charge in [0.05, 0.1) is 19.4 Å². The number of hydrogen-bond acceptors (Lipinski definition) is 6. The highest BCUT2D eigenvalue weighted by Gasteiger charge is 2.14. The van der Waals surface area contributed by atoms with Gasteiger partial charge in [-0.3, -0.25) is 4.79 Å². The van der Waals surface area contributed by atoms with Crippen molar-refractivity contribution >= 4 is 39.0 Å². The molecule has 9 heteroatoms. The summed E-state index contributed by atoms with van der Waals surface area (Å²) in [6.07, 6.45) is 1.48. The van der Waals surface area contributed by atoms with E-state index in [1.54, 1.807) is 42.5 Å². The molecule has 1 aromatic heterocycles. The fraction of sp³-hybridized carbons (Fsp3) is 0.185. The van der Waals surface area contributed by atoms with Crippen LogP contribution in [0.3, 0.4) is 0 Å². The monoisotopic (exact) mass is 554 g/mol. The number of nitrogens with zero attached hydrogens (tertiary/aromatic N) is 1. The third-order valence-corrected chi connectivity index (χ3v) is 5.73. The van der Waals surface area contributed by atoms with E-state index in [1.807, 2.05) is 19.9 Å². The Kier molecular flexibility index (Phi) is 8.22. The number of amides is 1. The zero-order valence-corrected chi connectivity index (χ0v) is 21.3. The topological polar surface area (TPSA) is 82.3 Å². The largest absolute Gasteiger partial charge is 0.494 e. The number of rotatable bonds is 10. The minimum absolute atomic E-state index is 0.131. The molecule has 0 aliphatic rings. The zero-order chi connectivity index (χ0) is 25.5. The predicted octanol–water partition coefficient (Wildman–Crippen LogP) is 6.47. The summed E-state index contributed by atoms with van der Waals surface area (Å²) in [6.45, 7) is 4.91. The van der Waals surface area contributed by atoms with Crippen molar-refractivity contribution in [3.63, 3.8) is 0 Å². The molecule has 4 aromatic rings. The smallest absolute Gasteiger partial charge is 0.307 e. The van der Waals surface area contributed by atoms with Gasteiger partial charge in [0.15, 0.2) is 17.3 Å². The maximum Gasteiger partial charge on any atom is 0.307 e. The van der Waals surface area contributed by atoms with Crippen molar-refractivity contribution in [1.29, 1.82) is 0 Å². The molecule has 0 aliphatic carbocycles. The number of benzene rings is 3. The van der Waals surface area contributed by atoms with E-state index in [9.17, 15) is 9.18 Å². The molecule has 0 saturated carbocycles. The lowest BCUT2D eigenvalue weighted by atomic mass is 10.2. The first-order valence-corrected chi connectivity index (χ1v) is 12.1. The molecule has 0 fully saturated rings. The van der Waals surface area contributed by atoms with Gasteiger partial charge >= 0.3 is 5.91 Å². The van der Waals surface area contributed by atoms with Crippen molar-refractivity contribution in [2.45, 2.75) is 20.5 Å². The minimum Gasteiger partial charge on any atom is -0.494 e. The van der Waals surface area contributed by atoms with Crippen LogP contribution in [0.2, 0.25) is 0 Å². The van der Waals surface area contributed by atoms with E-state index in [2.05, 4.69) is 26.5 Å². The molecule has 3 aromatic carbocycles. The summed E-state index contributed by atoms with van der Waals surface area (Å²) >= 11 is 3.50. The van der Waals surface area contributed by atoms with Gasteiger partial charge in [-0.1, -0.05) is 12.1 Å². The Balaban J connectivity index is 1.45. The van der Waals surface area contributed by atoms with Gasteiger partial charge in [-0.2, -0.15) is 5.10 Å². The third-order valence-electron chi connectivity index (χ3n) is 5.04. The molecule has 0 bridgehead atoms. The van der Waals surface area contributed by atoms with Gasteiger partial charge in [-0.25, -0.2) is 9.82 Å². The fourth-order valence-corrected chi connectivity index (χ4v) is 3.85. The summed E-state index contributed by atoms with van der Waals surface area (Å²) in [6, 6.07) is 16.7. The van der Waals surface area contributed by atoms with Crippen LogP contribution in [0, 0.1) is 5.82 Å². The molecule has 4 rings (SSSR count). The first kappa shape index (κ1) is 25.2. The average Bonchev–Trinajstić information content (AvgIpc) is 3.29. The van der Waals surface area contributed by atoms with Crippen LogP contribution in [-0.2, 0) is 6.61 Å². The quantitative estimate of drug-likeness (QED) is 0.179. The second-order valence-electron chi connectivity index (χ2n) is 7.61. The molecule has 1 N–H and O–H groups in total. The molecule has 1 heterocycles. The lowest BCUT2D eigenvalue weighted by Gasteiger charge is -2.14. The first-order chi connectivity index (χ1) is 17.5. The standard InChI is InChI=1S/C27H24BrFN2O5/c1-3-33-21-8-9-23-18(11-21)12-26(36-23)27(32)31-30-15-19-13-24(34-4-2)25(14-22(19)28)35-16-17-6-5-7-20(29)10-17/h5-15H,3-4,16H2,1-2H3,(H,31,32)/b30-15+. The van der Waals surface area contributed by atoms with Gasteiger partial charge in [0.2, 0.25) is 0 Å². The fourth-order valence-electron chi connectivity index (χ4n) is 3.42. The second-order valence-corrected chi connectivity index (χ2v) is 8.47. The van der Waals surface area contributed by atoms with Crippen molar-refractivity contribution in [2.24, 2.45) is 5.10 Å². The lowest BCUT2D eigenvalue weighted by molar-refractivity contribution is 0.0929. The third kappa shape index (κ3) is 6.23. The number of hydrogen-bond donors (Lipinski definition) is 1. The summed E-state index contributed by atoms with van der Waals surface area (Å²) in [5.74, 6) is 1.00. The van der Waals surface area contributed by atoms with Gasteiger partial charge in [0.1, 0.15) is 23.8 Å². The van der Waals surface area contributed by atoms with E-state index >= 15 is 0 Å². The minimum atomic E-state index is -0.489. The molecular weight excluding hydrogens is 531 g/mol. The van der Waals surface area contributed by atoms with Crippen LogP contribution in [0.4, 0.5) is 4.39 Å². The normalized spacial score (nSPS) is 11.1. The highest BCUT2D eigenvalue weighted by Crippen LogP contribution is 2.34. The van der Waals surface area contributed by atoms with Crippen LogP contribution in [0.15, 0.2) is 74.7 Å². The van der Waals surface area contributed by atoms with Gasteiger partial charge in [-0.05, 0) is 83.9 Å². The summed E-state index contributed by atoms with van der Waals surface area (Å²) in [7, 11) is 0. The molecule has 186 valence electrons. The Labute approximate surface area is 216 Å². The lowest BCUT2D eigenvalue weighted by Crippen LogP contribution is -2.16. The average molecular weight is 555 g/mol. The number of furan rings is 1. The van der Waals surface area contributed by atoms with Gasteiger partial charge in [-0.15, -0.1) is 0 Å². The Morgan fingerprint density at radius 3 is 2.61 bits per heavy atom. The van der Waals surface area contributed by atoms with Crippen LogP contribution < -0.4 is 19.6 Å². The van der Waals surface area contributed by atoms with E-state index < -0.39 is 5.91 Å². The predicted molar refractivity (Wildman–Crippen MR) is 138 cm³/mol. The van der Waals surface area contributed by atoms with Gasteiger partial charge in [0.25, 0.3) is 0 Å². The molecule has 36 heavy (non-hydrogen) atoms. The molecule has 0 spiro atoms. The van der Waals surface area contributed by atoms with E-state index in [-0.39, 0.29) is 18.2 Å². The molecule has 7 nitrogen and oxygen atoms in total.